The Balaban J connectivity index is 1.41. The summed E-state index contributed by atoms with van der Waals surface area (Å²) in [6, 6.07) is 11.5. The molecule has 0 radical (unpaired) electrons. The van der Waals surface area contributed by atoms with E-state index in [0.717, 1.165) is 56.6 Å². The molecule has 6 atom stereocenters. The minimum absolute atomic E-state index is 0.0199. The van der Waals surface area contributed by atoms with Gasteiger partial charge in [-0.1, -0.05) is 42.8 Å². The molecule has 2 aliphatic heterocycles. The fraction of sp³-hybridized carbons (Fsp3) is 0.568. The maximum Gasteiger partial charge on any atom is 0.327 e. The van der Waals surface area contributed by atoms with E-state index in [1.165, 1.54) is 23.8 Å². The third kappa shape index (κ3) is 7.43. The van der Waals surface area contributed by atoms with E-state index in [4.69, 9.17) is 14.2 Å². The van der Waals surface area contributed by atoms with Gasteiger partial charge in [0.15, 0.2) is 0 Å². The third-order valence-electron chi connectivity index (χ3n) is 10.6. The van der Waals surface area contributed by atoms with Gasteiger partial charge in [0.2, 0.25) is 0 Å². The summed E-state index contributed by atoms with van der Waals surface area (Å²) < 4.78 is 38.7. The summed E-state index contributed by atoms with van der Waals surface area (Å²) in [6.45, 7) is 6.75. The number of carbonyl (C=O) groups is 2. The summed E-state index contributed by atoms with van der Waals surface area (Å²) in [6.07, 6.45) is 10.1. The van der Waals surface area contributed by atoms with Crippen LogP contribution in [0.1, 0.15) is 66.1 Å². The highest BCUT2D eigenvalue weighted by Crippen LogP contribution is 2.46. The van der Waals surface area contributed by atoms with Gasteiger partial charge in [-0.05, 0) is 92.5 Å². The van der Waals surface area contributed by atoms with Gasteiger partial charge < -0.3 is 24.4 Å². The summed E-state index contributed by atoms with van der Waals surface area (Å²) in [5.41, 5.74) is 4.99. The van der Waals surface area contributed by atoms with Crippen molar-refractivity contribution in [2.24, 2.45) is 22.1 Å². The van der Waals surface area contributed by atoms with Crippen LogP contribution in [0.5, 0.6) is 5.75 Å². The number of anilines is 1. The van der Waals surface area contributed by atoms with E-state index in [9.17, 15) is 13.8 Å². The number of hydrogen-bond donors (Lipinski definition) is 2. The Morgan fingerprint density at radius 2 is 2.04 bits per heavy atom. The molecule has 0 aromatic heterocycles. The lowest BCUT2D eigenvalue weighted by Gasteiger charge is -2.46. The molecule has 2 heterocycles. The van der Waals surface area contributed by atoms with Gasteiger partial charge in [0.25, 0.3) is 5.91 Å². The number of ether oxygens (including phenoxy) is 3. The number of urea groups is 1. The van der Waals surface area contributed by atoms with Crippen molar-refractivity contribution >= 4 is 27.5 Å². The highest BCUT2D eigenvalue weighted by molar-refractivity contribution is 7.92. The second-order valence-electron chi connectivity index (χ2n) is 14.2. The minimum Gasteiger partial charge on any atom is -0.490 e. The van der Waals surface area contributed by atoms with Crippen molar-refractivity contribution < 1.29 is 28.0 Å². The van der Waals surface area contributed by atoms with Gasteiger partial charge in [-0.3, -0.25) is 9.52 Å². The molecule has 2 aromatic rings. The molecule has 10 nitrogen and oxygen atoms in total. The average Bonchev–Trinajstić information content (AvgIpc) is 3.18. The molecule has 11 heteroatoms. The monoisotopic (exact) mass is 678 g/mol. The highest BCUT2D eigenvalue weighted by atomic mass is 32.2. The SMILES string of the molecule is COCCNC(=O)NS1(=O)=NC(=O)c2ccc3c(c2)N(C[C@@H]2CC[C@H]2[C@@H](OC)/C=C/C[C@H](C)C1)C[C@@]1(CCCc2cc(C)ccc21)CO3. The van der Waals surface area contributed by atoms with Crippen molar-refractivity contribution in [3.05, 3.63) is 70.8 Å². The first-order valence-corrected chi connectivity index (χ1v) is 19.0. The zero-order valence-corrected chi connectivity index (χ0v) is 29.5. The molecule has 1 fully saturated rings. The molecule has 2 aliphatic carbocycles. The van der Waals surface area contributed by atoms with Gasteiger partial charge in [-0.25, -0.2) is 9.00 Å². The summed E-state index contributed by atoms with van der Waals surface area (Å²) in [5.74, 6) is 0.771. The third-order valence-corrected chi connectivity index (χ3v) is 12.5. The van der Waals surface area contributed by atoms with Crippen molar-refractivity contribution in [2.75, 3.05) is 57.7 Å². The fourth-order valence-electron chi connectivity index (χ4n) is 7.98. The second-order valence-corrected chi connectivity index (χ2v) is 16.2. The van der Waals surface area contributed by atoms with Gasteiger partial charge >= 0.3 is 6.03 Å². The number of aryl methyl sites for hydroxylation is 2. The number of methoxy groups -OCH3 is 2. The number of fused-ring (bicyclic) bond motifs is 4. The minimum atomic E-state index is -3.47. The van der Waals surface area contributed by atoms with E-state index in [1.807, 2.05) is 19.1 Å². The number of amides is 3. The van der Waals surface area contributed by atoms with Gasteiger partial charge in [0.05, 0.1) is 30.8 Å². The lowest BCUT2D eigenvalue weighted by molar-refractivity contribution is 0.0131. The van der Waals surface area contributed by atoms with Crippen LogP contribution < -0.4 is 19.7 Å². The van der Waals surface area contributed by atoms with Crippen LogP contribution in [0.25, 0.3) is 0 Å². The fourth-order valence-corrected chi connectivity index (χ4v) is 9.82. The Morgan fingerprint density at radius 1 is 1.19 bits per heavy atom. The van der Waals surface area contributed by atoms with Crippen LogP contribution in [0.2, 0.25) is 0 Å². The maximum absolute atomic E-state index is 14.2. The molecule has 2 bridgehead atoms. The number of nitrogens with one attached hydrogen (secondary N) is 2. The number of hydrogen-bond acceptors (Lipinski definition) is 7. The largest absolute Gasteiger partial charge is 0.490 e. The summed E-state index contributed by atoms with van der Waals surface area (Å²) in [4.78, 5) is 29.0. The number of allylic oxidation sites excluding steroid dienone is 1. The van der Waals surface area contributed by atoms with Crippen LogP contribution in [-0.2, 0) is 31.2 Å². The lowest BCUT2D eigenvalue weighted by atomic mass is 9.68. The molecule has 1 spiro atoms. The van der Waals surface area contributed by atoms with E-state index >= 15 is 0 Å². The van der Waals surface area contributed by atoms with Gasteiger partial charge in [-0.15, -0.1) is 4.36 Å². The Hall–Kier alpha value is -3.41. The Bertz CT molecular complexity index is 1670. The van der Waals surface area contributed by atoms with Crippen LogP contribution in [0.4, 0.5) is 10.5 Å². The molecule has 3 amide bonds. The van der Waals surface area contributed by atoms with Crippen LogP contribution in [0.15, 0.2) is 52.9 Å². The molecule has 4 aliphatic rings. The first-order valence-electron chi connectivity index (χ1n) is 17.3. The number of carbonyl (C=O) groups excluding carboxylic acids is 2. The molecular formula is C37H50N4O6S. The van der Waals surface area contributed by atoms with E-state index in [0.29, 0.717) is 37.0 Å². The van der Waals surface area contributed by atoms with Gasteiger partial charge in [-0.2, -0.15) is 0 Å². The van der Waals surface area contributed by atoms with E-state index < -0.39 is 21.9 Å². The molecule has 2 N–H and O–H groups in total. The topological polar surface area (TPSA) is 119 Å². The van der Waals surface area contributed by atoms with Crippen molar-refractivity contribution in [2.45, 2.75) is 63.9 Å². The molecule has 1 saturated carbocycles. The molecule has 260 valence electrons. The zero-order valence-electron chi connectivity index (χ0n) is 28.7. The van der Waals surface area contributed by atoms with Crippen LogP contribution >= 0.6 is 0 Å². The quantitative estimate of drug-likeness (QED) is 0.314. The standard InChI is InChI=1S/C37H50N4O6S/c1-25-10-14-31-27(19-25)8-6-16-37(31)23-41-21-29-11-13-30(29)33(46-4)9-5-7-26(2)22-48(44,40-36(43)38-17-18-45-3)39-35(42)28-12-15-34(47-24-37)32(41)20-28/h5,9-10,12,14-15,19-20,26,29-30,33H,6-8,11,13,16-18,21-24H2,1-4H3,(H2,38,39,40,42,43,44)/b9-5+/t26-,29-,30+,33-,37-,48?/m0/s1. The first kappa shape index (κ1) is 34.5. The van der Waals surface area contributed by atoms with Crippen molar-refractivity contribution in [3.63, 3.8) is 0 Å². The van der Waals surface area contributed by atoms with E-state index in [1.54, 1.807) is 13.2 Å². The summed E-state index contributed by atoms with van der Waals surface area (Å²) in [5, 5.41) is 2.63. The normalized spacial score (nSPS) is 30.8. The van der Waals surface area contributed by atoms with Crippen molar-refractivity contribution in [3.8, 4) is 5.75 Å². The summed E-state index contributed by atoms with van der Waals surface area (Å²) >= 11 is 0. The molecule has 2 aromatic carbocycles. The molecule has 1 unspecified atom stereocenters. The molecule has 0 saturated heterocycles. The average molecular weight is 679 g/mol. The van der Waals surface area contributed by atoms with Gasteiger partial charge in [0, 0.05) is 44.8 Å². The van der Waals surface area contributed by atoms with Crippen LogP contribution in [0.3, 0.4) is 0 Å². The van der Waals surface area contributed by atoms with Crippen molar-refractivity contribution in [1.82, 2.24) is 10.0 Å². The lowest BCUT2D eigenvalue weighted by Crippen LogP contribution is -2.49. The molecule has 48 heavy (non-hydrogen) atoms. The van der Waals surface area contributed by atoms with Crippen LogP contribution in [-0.4, -0.2) is 75.1 Å². The smallest absolute Gasteiger partial charge is 0.327 e. The molecule has 6 rings (SSSR count). The Labute approximate surface area is 285 Å². The Kier molecular flexibility index (Phi) is 10.5. The second kappa shape index (κ2) is 14.6. The summed E-state index contributed by atoms with van der Waals surface area (Å²) in [7, 11) is -0.163. The van der Waals surface area contributed by atoms with E-state index in [2.05, 4.69) is 56.6 Å². The van der Waals surface area contributed by atoms with Gasteiger partial charge in [0.1, 0.15) is 15.7 Å². The predicted octanol–water partition coefficient (Wildman–Crippen LogP) is 5.57. The number of nitrogens with zero attached hydrogens (tertiary/aromatic N) is 2. The Morgan fingerprint density at radius 3 is 2.81 bits per heavy atom. The number of benzene rings is 2. The highest BCUT2D eigenvalue weighted by Gasteiger charge is 2.44. The van der Waals surface area contributed by atoms with Crippen LogP contribution in [0, 0.1) is 24.7 Å². The van der Waals surface area contributed by atoms with Crippen molar-refractivity contribution in [1.29, 1.82) is 0 Å². The maximum atomic E-state index is 14.2. The molecular weight excluding hydrogens is 628 g/mol. The first-order chi connectivity index (χ1) is 23.1. The van der Waals surface area contributed by atoms with E-state index in [-0.39, 0.29) is 29.7 Å². The number of rotatable bonds is 5. The zero-order chi connectivity index (χ0) is 33.9. The predicted molar refractivity (Wildman–Crippen MR) is 188 cm³/mol.